The third-order valence-corrected chi connectivity index (χ3v) is 5.66. The molecule has 1 aliphatic heterocycles. The largest absolute Gasteiger partial charge is 0.381 e. The van der Waals surface area contributed by atoms with Gasteiger partial charge in [-0.2, -0.15) is 0 Å². The van der Waals surface area contributed by atoms with Gasteiger partial charge in [0.2, 0.25) is 0 Å². The third kappa shape index (κ3) is 3.36. The number of halogens is 1. The highest BCUT2D eigenvalue weighted by Crippen LogP contribution is 2.34. The van der Waals surface area contributed by atoms with Gasteiger partial charge in [0.25, 0.3) is 5.91 Å². The first kappa shape index (κ1) is 17.2. The van der Waals surface area contributed by atoms with Gasteiger partial charge in [-0.1, -0.05) is 12.1 Å². The lowest BCUT2D eigenvalue weighted by atomic mass is 9.74. The van der Waals surface area contributed by atoms with E-state index in [0.717, 1.165) is 43.4 Å². The maximum atomic E-state index is 13.8. The molecule has 1 aromatic heterocycles. The molecule has 1 aliphatic carbocycles. The number of pyridine rings is 1. The molecule has 0 saturated carbocycles. The fourth-order valence-corrected chi connectivity index (χ4v) is 4.05. The van der Waals surface area contributed by atoms with Gasteiger partial charge in [0.1, 0.15) is 5.82 Å². The van der Waals surface area contributed by atoms with E-state index in [9.17, 15) is 9.18 Å². The lowest BCUT2D eigenvalue weighted by Crippen LogP contribution is -2.44. The summed E-state index contributed by atoms with van der Waals surface area (Å²) in [5.74, 6) is -0.364. The number of hydrogen-bond acceptors (Lipinski definition) is 3. The quantitative estimate of drug-likeness (QED) is 0.917. The van der Waals surface area contributed by atoms with Crippen LogP contribution in [0.1, 0.15) is 46.4 Å². The zero-order valence-corrected chi connectivity index (χ0v) is 14.8. The predicted octanol–water partition coefficient (Wildman–Crippen LogP) is 3.19. The highest BCUT2D eigenvalue weighted by molar-refractivity contribution is 5.94. The number of carbonyl (C=O) groups excluding carboxylic acids is 1. The summed E-state index contributed by atoms with van der Waals surface area (Å²) >= 11 is 0. The molecule has 1 aromatic carbocycles. The molecule has 1 amide bonds. The second-order valence-electron chi connectivity index (χ2n) is 7.27. The number of benzene rings is 1. The summed E-state index contributed by atoms with van der Waals surface area (Å²) in [5.41, 5.74) is 3.53. The van der Waals surface area contributed by atoms with Gasteiger partial charge in [-0.15, -0.1) is 0 Å². The van der Waals surface area contributed by atoms with Crippen LogP contribution in [0.4, 0.5) is 4.39 Å². The Morgan fingerprint density at radius 3 is 2.88 bits per heavy atom. The summed E-state index contributed by atoms with van der Waals surface area (Å²) in [7, 11) is 0. The van der Waals surface area contributed by atoms with Gasteiger partial charge >= 0.3 is 0 Å². The normalized spacial score (nSPS) is 18.3. The Labute approximate surface area is 152 Å². The Kier molecular flexibility index (Phi) is 4.72. The number of hydrogen-bond donors (Lipinski definition) is 1. The SMILES string of the molecule is O=C(NCC1(c2cccc(F)c2)CCOCC1)c1cnc2c(c1)CCC2. The second-order valence-corrected chi connectivity index (χ2v) is 7.27. The van der Waals surface area contributed by atoms with Crippen LogP contribution in [0.2, 0.25) is 0 Å². The van der Waals surface area contributed by atoms with Crippen LogP contribution < -0.4 is 5.32 Å². The van der Waals surface area contributed by atoms with Crippen molar-refractivity contribution in [3.63, 3.8) is 0 Å². The Balaban J connectivity index is 1.52. The van der Waals surface area contributed by atoms with E-state index >= 15 is 0 Å². The number of aromatic nitrogens is 1. The van der Waals surface area contributed by atoms with Crippen molar-refractivity contribution in [3.05, 3.63) is 64.7 Å². The van der Waals surface area contributed by atoms with Crippen molar-refractivity contribution in [1.29, 1.82) is 0 Å². The van der Waals surface area contributed by atoms with Crippen molar-refractivity contribution in [2.24, 2.45) is 0 Å². The average molecular weight is 354 g/mol. The molecule has 0 bridgehead atoms. The Bertz CT molecular complexity index is 815. The Morgan fingerprint density at radius 2 is 2.08 bits per heavy atom. The van der Waals surface area contributed by atoms with Gasteiger partial charge in [0.15, 0.2) is 0 Å². The van der Waals surface area contributed by atoms with E-state index in [-0.39, 0.29) is 17.1 Å². The fraction of sp³-hybridized carbons (Fsp3) is 0.429. The van der Waals surface area contributed by atoms with Crippen LogP contribution in [0, 0.1) is 5.82 Å². The molecule has 136 valence electrons. The average Bonchev–Trinajstić information content (AvgIpc) is 3.14. The lowest BCUT2D eigenvalue weighted by Gasteiger charge is -2.38. The van der Waals surface area contributed by atoms with Crippen molar-refractivity contribution in [3.8, 4) is 0 Å². The highest BCUT2D eigenvalue weighted by Gasteiger charge is 2.35. The number of carbonyl (C=O) groups is 1. The summed E-state index contributed by atoms with van der Waals surface area (Å²) in [6.45, 7) is 1.70. The topological polar surface area (TPSA) is 51.2 Å². The monoisotopic (exact) mass is 354 g/mol. The molecule has 2 aliphatic rings. The smallest absolute Gasteiger partial charge is 0.252 e. The summed E-state index contributed by atoms with van der Waals surface area (Å²) < 4.78 is 19.3. The van der Waals surface area contributed by atoms with Crippen LogP contribution in [0.5, 0.6) is 0 Å². The van der Waals surface area contributed by atoms with Crippen LogP contribution in [-0.2, 0) is 23.0 Å². The minimum atomic E-state index is -0.292. The molecule has 4 rings (SSSR count). The molecule has 26 heavy (non-hydrogen) atoms. The number of aryl methyl sites for hydroxylation is 2. The molecule has 1 N–H and O–H groups in total. The number of nitrogens with zero attached hydrogens (tertiary/aromatic N) is 1. The first-order chi connectivity index (χ1) is 12.7. The van der Waals surface area contributed by atoms with Crippen molar-refractivity contribution < 1.29 is 13.9 Å². The van der Waals surface area contributed by atoms with Gasteiger partial charge < -0.3 is 10.1 Å². The zero-order valence-electron chi connectivity index (χ0n) is 14.8. The second kappa shape index (κ2) is 7.16. The maximum Gasteiger partial charge on any atom is 0.252 e. The molecule has 0 atom stereocenters. The molecule has 0 radical (unpaired) electrons. The minimum absolute atomic E-state index is 0.116. The summed E-state index contributed by atoms with van der Waals surface area (Å²) in [6.07, 6.45) is 6.29. The molecule has 1 fully saturated rings. The van der Waals surface area contributed by atoms with Gasteiger partial charge in [-0.3, -0.25) is 9.78 Å². The molecule has 1 saturated heterocycles. The zero-order chi connectivity index (χ0) is 18.0. The Morgan fingerprint density at radius 1 is 1.23 bits per heavy atom. The van der Waals surface area contributed by atoms with Gasteiger partial charge in [-0.05, 0) is 61.4 Å². The van der Waals surface area contributed by atoms with E-state index in [1.165, 1.54) is 11.6 Å². The van der Waals surface area contributed by atoms with Crippen LogP contribution in [-0.4, -0.2) is 30.6 Å². The van der Waals surface area contributed by atoms with Crippen molar-refractivity contribution in [2.45, 2.75) is 37.5 Å². The van der Waals surface area contributed by atoms with Crippen molar-refractivity contribution in [2.75, 3.05) is 19.8 Å². The van der Waals surface area contributed by atoms with E-state index in [0.29, 0.717) is 25.3 Å². The molecule has 4 nitrogen and oxygen atoms in total. The fourth-order valence-electron chi connectivity index (χ4n) is 4.05. The van der Waals surface area contributed by atoms with Crippen molar-refractivity contribution >= 4 is 5.91 Å². The number of ether oxygens (including phenoxy) is 1. The predicted molar refractivity (Wildman–Crippen MR) is 96.7 cm³/mol. The number of nitrogens with one attached hydrogen (secondary N) is 1. The molecular weight excluding hydrogens is 331 g/mol. The molecule has 0 unspecified atom stereocenters. The standard InChI is InChI=1S/C21H23FN2O2/c22-18-5-2-4-17(12-18)21(7-9-26-10-8-21)14-24-20(25)16-11-15-3-1-6-19(15)23-13-16/h2,4-5,11-13H,1,3,6-10,14H2,(H,24,25). The lowest BCUT2D eigenvalue weighted by molar-refractivity contribution is 0.0486. The first-order valence-corrected chi connectivity index (χ1v) is 9.26. The van der Waals surface area contributed by atoms with Crippen LogP contribution in [0.3, 0.4) is 0 Å². The maximum absolute atomic E-state index is 13.8. The highest BCUT2D eigenvalue weighted by atomic mass is 19.1. The molecule has 2 aromatic rings. The van der Waals surface area contributed by atoms with E-state index in [1.54, 1.807) is 18.3 Å². The summed E-state index contributed by atoms with van der Waals surface area (Å²) in [5, 5.41) is 3.06. The van der Waals surface area contributed by atoms with Crippen LogP contribution in [0.15, 0.2) is 36.5 Å². The molecular formula is C21H23FN2O2. The van der Waals surface area contributed by atoms with Crippen LogP contribution in [0.25, 0.3) is 0 Å². The third-order valence-electron chi connectivity index (χ3n) is 5.66. The number of rotatable bonds is 4. The van der Waals surface area contributed by atoms with Crippen molar-refractivity contribution in [1.82, 2.24) is 10.3 Å². The van der Waals surface area contributed by atoms with E-state index in [1.807, 2.05) is 12.1 Å². The van der Waals surface area contributed by atoms with Gasteiger partial charge in [-0.25, -0.2) is 4.39 Å². The summed E-state index contributed by atoms with van der Waals surface area (Å²) in [6, 6.07) is 8.66. The van der Waals surface area contributed by atoms with Crippen LogP contribution >= 0.6 is 0 Å². The van der Waals surface area contributed by atoms with Gasteiger partial charge in [0, 0.05) is 37.1 Å². The van der Waals surface area contributed by atoms with E-state index < -0.39 is 0 Å². The number of amides is 1. The Hall–Kier alpha value is -2.27. The van der Waals surface area contributed by atoms with E-state index in [2.05, 4.69) is 10.3 Å². The molecule has 5 heteroatoms. The van der Waals surface area contributed by atoms with Gasteiger partial charge in [0.05, 0.1) is 5.56 Å². The number of fused-ring (bicyclic) bond motifs is 1. The van der Waals surface area contributed by atoms with E-state index in [4.69, 9.17) is 4.74 Å². The molecule has 0 spiro atoms. The molecule has 2 heterocycles. The summed E-state index contributed by atoms with van der Waals surface area (Å²) in [4.78, 5) is 17.1. The minimum Gasteiger partial charge on any atom is -0.381 e. The first-order valence-electron chi connectivity index (χ1n) is 9.26.